The van der Waals surface area contributed by atoms with Gasteiger partial charge in [-0.3, -0.25) is 4.98 Å². The molecule has 3 rings (SSSR count). The van der Waals surface area contributed by atoms with Crippen molar-refractivity contribution in [3.63, 3.8) is 0 Å². The van der Waals surface area contributed by atoms with Gasteiger partial charge >= 0.3 is 5.97 Å². The highest BCUT2D eigenvalue weighted by atomic mass is 16.5. The molecule has 3 heterocycles. The Bertz CT molecular complexity index is 660. The number of rotatable bonds is 2. The number of carbonyl (C=O) groups excluding carboxylic acids is 1. The summed E-state index contributed by atoms with van der Waals surface area (Å²) in [5, 5.41) is 0. The van der Waals surface area contributed by atoms with Gasteiger partial charge in [0.25, 0.3) is 0 Å². The molecule has 18 heavy (non-hydrogen) atoms. The second kappa shape index (κ2) is 4.25. The van der Waals surface area contributed by atoms with E-state index in [4.69, 9.17) is 4.74 Å². The van der Waals surface area contributed by atoms with E-state index < -0.39 is 5.97 Å². The van der Waals surface area contributed by atoms with Crippen molar-refractivity contribution in [3.05, 3.63) is 48.7 Å². The number of nitrogens with one attached hydrogen (secondary N) is 1. The van der Waals surface area contributed by atoms with Gasteiger partial charge < -0.3 is 9.72 Å². The van der Waals surface area contributed by atoms with E-state index in [2.05, 4.69) is 19.9 Å². The molecule has 0 atom stereocenters. The van der Waals surface area contributed by atoms with Crippen molar-refractivity contribution < 1.29 is 9.53 Å². The molecule has 3 aromatic heterocycles. The summed E-state index contributed by atoms with van der Waals surface area (Å²) in [6.07, 6.45) is 4.67. The lowest BCUT2D eigenvalue weighted by Crippen LogP contribution is -2.10. The zero-order valence-electron chi connectivity index (χ0n) is 9.20. The van der Waals surface area contributed by atoms with E-state index in [0.717, 1.165) is 0 Å². The summed E-state index contributed by atoms with van der Waals surface area (Å²) >= 11 is 0. The maximum absolute atomic E-state index is 11.8. The van der Waals surface area contributed by atoms with Gasteiger partial charge in [0, 0.05) is 12.4 Å². The molecular weight excluding hydrogens is 232 g/mol. The van der Waals surface area contributed by atoms with Crippen molar-refractivity contribution in [1.29, 1.82) is 0 Å². The Morgan fingerprint density at radius 1 is 1.22 bits per heavy atom. The maximum Gasteiger partial charge on any atom is 0.379 e. The standard InChI is InChI=1S/C12H8N4O2/c17-12(18-8-3-1-5-13-7-8)11-15-9-4-2-6-14-10(9)16-11/h1-7H,(H,14,15,16). The number of aromatic amines is 1. The normalized spacial score (nSPS) is 10.4. The van der Waals surface area contributed by atoms with Crippen molar-refractivity contribution in [2.75, 3.05) is 0 Å². The topological polar surface area (TPSA) is 80.8 Å². The number of carbonyl (C=O) groups is 1. The van der Waals surface area contributed by atoms with Crippen LogP contribution in [0.2, 0.25) is 0 Å². The Morgan fingerprint density at radius 2 is 2.11 bits per heavy atom. The summed E-state index contributed by atoms with van der Waals surface area (Å²) in [6.45, 7) is 0. The molecule has 0 saturated carbocycles. The van der Waals surface area contributed by atoms with E-state index in [9.17, 15) is 4.79 Å². The van der Waals surface area contributed by atoms with Crippen LogP contribution in [0, 0.1) is 0 Å². The minimum atomic E-state index is -0.569. The average Bonchev–Trinajstić information content (AvgIpc) is 2.84. The molecule has 0 spiro atoms. The number of pyridine rings is 2. The van der Waals surface area contributed by atoms with Crippen molar-refractivity contribution in [2.24, 2.45) is 0 Å². The van der Waals surface area contributed by atoms with Crippen LogP contribution in [0.1, 0.15) is 10.6 Å². The summed E-state index contributed by atoms with van der Waals surface area (Å²) in [5.74, 6) is -0.0792. The molecule has 88 valence electrons. The van der Waals surface area contributed by atoms with E-state index in [-0.39, 0.29) is 5.82 Å². The van der Waals surface area contributed by atoms with Gasteiger partial charge in [0.2, 0.25) is 5.82 Å². The maximum atomic E-state index is 11.8. The Kier molecular flexibility index (Phi) is 2.45. The summed E-state index contributed by atoms with van der Waals surface area (Å²) in [5.41, 5.74) is 1.17. The van der Waals surface area contributed by atoms with Crippen LogP contribution in [0.25, 0.3) is 11.2 Å². The SMILES string of the molecule is O=C(Oc1cccnc1)c1nc2ncccc2[nH]1. The minimum Gasteiger partial charge on any atom is -0.419 e. The fourth-order valence-corrected chi connectivity index (χ4v) is 1.50. The van der Waals surface area contributed by atoms with Gasteiger partial charge in [0.05, 0.1) is 11.7 Å². The molecule has 3 aromatic rings. The monoisotopic (exact) mass is 240 g/mol. The third-order valence-electron chi connectivity index (χ3n) is 2.30. The molecule has 0 aliphatic carbocycles. The number of hydrogen-bond acceptors (Lipinski definition) is 5. The summed E-state index contributed by atoms with van der Waals surface area (Å²) < 4.78 is 5.11. The first-order valence-corrected chi connectivity index (χ1v) is 5.26. The molecule has 0 aliphatic heterocycles. The predicted molar refractivity (Wildman–Crippen MR) is 63.1 cm³/mol. The number of aromatic nitrogens is 4. The first-order valence-electron chi connectivity index (χ1n) is 5.26. The van der Waals surface area contributed by atoms with Crippen LogP contribution < -0.4 is 4.74 Å². The number of H-pyrrole nitrogens is 1. The van der Waals surface area contributed by atoms with Gasteiger partial charge in [-0.2, -0.15) is 0 Å². The first kappa shape index (κ1) is 10.4. The van der Waals surface area contributed by atoms with E-state index in [0.29, 0.717) is 16.9 Å². The van der Waals surface area contributed by atoms with Crippen LogP contribution in [0.5, 0.6) is 5.75 Å². The molecule has 6 nitrogen and oxygen atoms in total. The molecule has 1 N–H and O–H groups in total. The van der Waals surface area contributed by atoms with Crippen molar-refractivity contribution in [1.82, 2.24) is 19.9 Å². The quantitative estimate of drug-likeness (QED) is 0.687. The second-order valence-electron chi connectivity index (χ2n) is 3.54. The average molecular weight is 240 g/mol. The Morgan fingerprint density at radius 3 is 2.89 bits per heavy atom. The highest BCUT2D eigenvalue weighted by Crippen LogP contribution is 2.11. The Hall–Kier alpha value is -2.76. The van der Waals surface area contributed by atoms with Crippen molar-refractivity contribution >= 4 is 17.1 Å². The van der Waals surface area contributed by atoms with Gasteiger partial charge in [-0.15, -0.1) is 0 Å². The predicted octanol–water partition coefficient (Wildman–Crippen LogP) is 1.57. The zero-order chi connectivity index (χ0) is 12.4. The number of esters is 1. The molecule has 0 saturated heterocycles. The molecule has 0 radical (unpaired) electrons. The van der Waals surface area contributed by atoms with Crippen LogP contribution in [0.15, 0.2) is 42.9 Å². The third-order valence-corrected chi connectivity index (χ3v) is 2.30. The lowest BCUT2D eigenvalue weighted by atomic mass is 10.4. The van der Waals surface area contributed by atoms with Crippen LogP contribution >= 0.6 is 0 Å². The summed E-state index contributed by atoms with van der Waals surface area (Å²) in [6, 6.07) is 6.88. The first-order chi connectivity index (χ1) is 8.83. The van der Waals surface area contributed by atoms with E-state index in [1.165, 1.54) is 6.20 Å². The lowest BCUT2D eigenvalue weighted by molar-refractivity contribution is 0.0723. The van der Waals surface area contributed by atoms with E-state index in [1.54, 1.807) is 36.7 Å². The zero-order valence-corrected chi connectivity index (χ0v) is 9.20. The van der Waals surface area contributed by atoms with Crippen LogP contribution in [-0.4, -0.2) is 25.9 Å². The minimum absolute atomic E-state index is 0.118. The highest BCUT2D eigenvalue weighted by molar-refractivity contribution is 5.90. The van der Waals surface area contributed by atoms with E-state index in [1.807, 2.05) is 0 Å². The van der Waals surface area contributed by atoms with Gasteiger partial charge in [0.15, 0.2) is 5.65 Å². The molecule has 0 fully saturated rings. The Balaban J connectivity index is 1.88. The number of imidazole rings is 1. The largest absolute Gasteiger partial charge is 0.419 e. The molecular formula is C12H8N4O2. The fraction of sp³-hybridized carbons (Fsp3) is 0. The van der Waals surface area contributed by atoms with Gasteiger partial charge in [-0.1, -0.05) is 0 Å². The highest BCUT2D eigenvalue weighted by Gasteiger charge is 2.14. The molecule has 0 amide bonds. The molecule has 0 bridgehead atoms. The Labute approximate surface area is 102 Å². The smallest absolute Gasteiger partial charge is 0.379 e. The molecule has 6 heteroatoms. The molecule has 0 aromatic carbocycles. The number of ether oxygens (including phenoxy) is 1. The van der Waals surface area contributed by atoms with Gasteiger partial charge in [-0.25, -0.2) is 14.8 Å². The number of fused-ring (bicyclic) bond motifs is 1. The number of hydrogen-bond donors (Lipinski definition) is 1. The van der Waals surface area contributed by atoms with Crippen LogP contribution in [0.3, 0.4) is 0 Å². The molecule has 0 unspecified atom stereocenters. The summed E-state index contributed by atoms with van der Waals surface area (Å²) in [4.78, 5) is 26.6. The summed E-state index contributed by atoms with van der Waals surface area (Å²) in [7, 11) is 0. The van der Waals surface area contributed by atoms with Crippen molar-refractivity contribution in [2.45, 2.75) is 0 Å². The third kappa shape index (κ3) is 1.91. The van der Waals surface area contributed by atoms with Crippen LogP contribution in [0.4, 0.5) is 0 Å². The molecule has 0 aliphatic rings. The van der Waals surface area contributed by atoms with Gasteiger partial charge in [0.1, 0.15) is 5.75 Å². The second-order valence-corrected chi connectivity index (χ2v) is 3.54. The lowest BCUT2D eigenvalue weighted by Gasteiger charge is -1.99. The van der Waals surface area contributed by atoms with Crippen molar-refractivity contribution in [3.8, 4) is 5.75 Å². The fourth-order valence-electron chi connectivity index (χ4n) is 1.50. The van der Waals surface area contributed by atoms with Gasteiger partial charge in [-0.05, 0) is 24.3 Å². The number of nitrogens with zero attached hydrogens (tertiary/aromatic N) is 3. The van der Waals surface area contributed by atoms with E-state index >= 15 is 0 Å². The van der Waals surface area contributed by atoms with Crippen LogP contribution in [-0.2, 0) is 0 Å².